The van der Waals surface area contributed by atoms with E-state index < -0.39 is 16.6 Å². The maximum absolute atomic E-state index is 13.0. The van der Waals surface area contributed by atoms with Crippen molar-refractivity contribution in [1.29, 1.82) is 0 Å². The molecule has 0 fully saturated rings. The van der Waals surface area contributed by atoms with Gasteiger partial charge in [0.15, 0.2) is 8.32 Å². The highest BCUT2D eigenvalue weighted by Gasteiger charge is 2.51. The van der Waals surface area contributed by atoms with Crippen molar-refractivity contribution in [2.45, 2.75) is 116 Å². The lowest BCUT2D eigenvalue weighted by Crippen LogP contribution is -2.67. The molecule has 2 rings (SSSR count). The summed E-state index contributed by atoms with van der Waals surface area (Å²) in [5.41, 5.74) is 0. The molecule has 0 saturated carbocycles. The minimum Gasteiger partial charge on any atom is -0.413 e. The molecule has 3 nitrogen and oxygen atoms in total. The van der Waals surface area contributed by atoms with Crippen molar-refractivity contribution in [2.75, 3.05) is 0 Å². The first-order chi connectivity index (χ1) is 18.5. The SMILES string of the molecule is C=C[C@H](C)CC(=O)C[C@@H](CC[C@H](C)O[Si](c1ccccc1)(c1ccccc1)C(C)(C)C)O[Si](CC)(CC)CC. The number of rotatable bonds is 17. The summed E-state index contributed by atoms with van der Waals surface area (Å²) in [7, 11) is -4.47. The molecular formula is C34H54O3Si2. The standard InChI is InChI=1S/C34H54O3Si2/c1-10-28(5)26-30(35)27-31(37-38(11-2,12-3)13-4)25-24-29(6)36-39(34(7,8)9,32-20-16-14-17-21-32)33-22-18-15-19-23-33/h10,14-23,28-29,31H,1,11-13,24-27H2,2-9H3/t28-,29-,31+/m0/s1. The Hall–Kier alpha value is -1.80. The van der Waals surface area contributed by atoms with Gasteiger partial charge in [-0.3, -0.25) is 4.79 Å². The van der Waals surface area contributed by atoms with E-state index in [-0.39, 0.29) is 28.9 Å². The largest absolute Gasteiger partial charge is 0.413 e. The summed E-state index contributed by atoms with van der Waals surface area (Å²) >= 11 is 0. The molecule has 0 amide bonds. The molecule has 0 N–H and O–H groups in total. The van der Waals surface area contributed by atoms with Gasteiger partial charge in [0.05, 0.1) is 6.10 Å². The summed E-state index contributed by atoms with van der Waals surface area (Å²) in [4.78, 5) is 13.0. The maximum atomic E-state index is 13.0. The summed E-state index contributed by atoms with van der Waals surface area (Å²) in [6.07, 6.45) is 4.58. The maximum Gasteiger partial charge on any atom is 0.261 e. The summed E-state index contributed by atoms with van der Waals surface area (Å²) < 4.78 is 14.3. The predicted octanol–water partition coefficient (Wildman–Crippen LogP) is 8.29. The molecule has 0 radical (unpaired) electrons. The minimum absolute atomic E-state index is 0.0329. The second-order valence-corrected chi connectivity index (χ2v) is 21.3. The second kappa shape index (κ2) is 15.3. The molecule has 0 spiro atoms. The smallest absolute Gasteiger partial charge is 0.261 e. The van der Waals surface area contributed by atoms with E-state index in [0.717, 1.165) is 31.0 Å². The van der Waals surface area contributed by atoms with Gasteiger partial charge in [0.1, 0.15) is 5.78 Å². The summed E-state index contributed by atoms with van der Waals surface area (Å²) in [5, 5.41) is 2.53. The Morgan fingerprint density at radius 1 is 0.821 bits per heavy atom. The van der Waals surface area contributed by atoms with Crippen LogP contribution in [0.25, 0.3) is 0 Å². The van der Waals surface area contributed by atoms with E-state index in [0.29, 0.717) is 12.8 Å². The van der Waals surface area contributed by atoms with Crippen LogP contribution in [0, 0.1) is 5.92 Å². The van der Waals surface area contributed by atoms with Gasteiger partial charge in [0.2, 0.25) is 0 Å². The Balaban J connectivity index is 2.35. The topological polar surface area (TPSA) is 35.5 Å². The van der Waals surface area contributed by atoms with Gasteiger partial charge in [-0.15, -0.1) is 6.58 Å². The first-order valence-electron chi connectivity index (χ1n) is 15.1. The van der Waals surface area contributed by atoms with Gasteiger partial charge >= 0.3 is 0 Å². The zero-order valence-electron chi connectivity index (χ0n) is 26.0. The van der Waals surface area contributed by atoms with E-state index in [9.17, 15) is 4.79 Å². The fraction of sp³-hybridized carbons (Fsp3) is 0.559. The molecule has 2 aromatic carbocycles. The molecule has 0 heterocycles. The van der Waals surface area contributed by atoms with Crippen LogP contribution in [-0.4, -0.2) is 34.6 Å². The van der Waals surface area contributed by atoms with Crippen molar-refractivity contribution < 1.29 is 13.6 Å². The van der Waals surface area contributed by atoms with Crippen molar-refractivity contribution in [3.05, 3.63) is 73.3 Å². The van der Waals surface area contributed by atoms with Crippen LogP contribution in [0.1, 0.15) is 81.1 Å². The molecule has 0 saturated heterocycles. The Bertz CT molecular complexity index is 948. The minimum atomic E-state index is -2.62. The third-order valence-electron chi connectivity index (χ3n) is 8.45. The molecule has 2 aromatic rings. The molecule has 216 valence electrons. The highest BCUT2D eigenvalue weighted by molar-refractivity contribution is 6.99. The van der Waals surface area contributed by atoms with Crippen LogP contribution < -0.4 is 10.4 Å². The first-order valence-corrected chi connectivity index (χ1v) is 19.5. The molecule has 0 bridgehead atoms. The number of allylic oxidation sites excluding steroid dienone is 1. The van der Waals surface area contributed by atoms with Crippen molar-refractivity contribution >= 4 is 32.8 Å². The molecule has 0 aromatic heterocycles. The lowest BCUT2D eigenvalue weighted by Gasteiger charge is -2.45. The van der Waals surface area contributed by atoms with E-state index in [1.165, 1.54) is 10.4 Å². The molecule has 39 heavy (non-hydrogen) atoms. The van der Waals surface area contributed by atoms with Gasteiger partial charge in [-0.25, -0.2) is 0 Å². The highest BCUT2D eigenvalue weighted by atomic mass is 28.4. The van der Waals surface area contributed by atoms with Gasteiger partial charge in [0.25, 0.3) is 8.32 Å². The third kappa shape index (κ3) is 8.84. The predicted molar refractivity (Wildman–Crippen MR) is 173 cm³/mol. The van der Waals surface area contributed by atoms with E-state index >= 15 is 0 Å². The Labute approximate surface area is 241 Å². The lowest BCUT2D eigenvalue weighted by molar-refractivity contribution is -0.121. The van der Waals surface area contributed by atoms with E-state index in [4.69, 9.17) is 8.85 Å². The van der Waals surface area contributed by atoms with Crippen molar-refractivity contribution in [1.82, 2.24) is 0 Å². The molecule has 0 unspecified atom stereocenters. The van der Waals surface area contributed by atoms with Crippen LogP contribution in [0.2, 0.25) is 23.2 Å². The number of hydrogen-bond donors (Lipinski definition) is 0. The molecular weight excluding hydrogens is 513 g/mol. The summed E-state index contributed by atoms with van der Waals surface area (Å²) in [6, 6.07) is 24.9. The van der Waals surface area contributed by atoms with Gasteiger partial charge in [-0.1, -0.05) is 115 Å². The average molecular weight is 567 g/mol. The molecule has 5 heteroatoms. The Morgan fingerprint density at radius 3 is 1.72 bits per heavy atom. The number of benzene rings is 2. The Kier molecular flexibility index (Phi) is 13.1. The first kappa shape index (κ1) is 33.4. The number of carbonyl (C=O) groups excluding carboxylic acids is 1. The second-order valence-electron chi connectivity index (χ2n) is 12.3. The van der Waals surface area contributed by atoms with Gasteiger partial charge in [0, 0.05) is 18.9 Å². The highest BCUT2D eigenvalue weighted by Crippen LogP contribution is 2.38. The monoisotopic (exact) mass is 566 g/mol. The van der Waals surface area contributed by atoms with Gasteiger partial charge < -0.3 is 8.85 Å². The van der Waals surface area contributed by atoms with Crippen LogP contribution in [0.4, 0.5) is 0 Å². The van der Waals surface area contributed by atoms with Crippen LogP contribution in [-0.2, 0) is 13.6 Å². The fourth-order valence-corrected chi connectivity index (χ4v) is 13.5. The van der Waals surface area contributed by atoms with Crippen LogP contribution in [0.15, 0.2) is 73.3 Å². The third-order valence-corrected chi connectivity index (χ3v) is 18.3. The summed E-state index contributed by atoms with van der Waals surface area (Å²) in [5.74, 6) is 0.472. The normalized spacial score (nSPS) is 15.0. The van der Waals surface area contributed by atoms with E-state index in [1.54, 1.807) is 0 Å². The number of ketones is 1. The number of Topliss-reactive ketones (excluding diaryl/α,β-unsaturated/α-hetero) is 1. The number of carbonyl (C=O) groups is 1. The number of hydrogen-bond acceptors (Lipinski definition) is 3. The van der Waals surface area contributed by atoms with Crippen LogP contribution >= 0.6 is 0 Å². The van der Waals surface area contributed by atoms with Crippen LogP contribution in [0.3, 0.4) is 0 Å². The molecule has 0 aliphatic carbocycles. The van der Waals surface area contributed by atoms with E-state index in [2.05, 4.69) is 123 Å². The van der Waals surface area contributed by atoms with Gasteiger partial charge in [-0.2, -0.15) is 0 Å². The lowest BCUT2D eigenvalue weighted by atomic mass is 9.99. The van der Waals surface area contributed by atoms with Crippen molar-refractivity contribution in [2.24, 2.45) is 5.92 Å². The molecule has 0 aliphatic rings. The Morgan fingerprint density at radius 2 is 1.31 bits per heavy atom. The van der Waals surface area contributed by atoms with Crippen molar-refractivity contribution in [3.63, 3.8) is 0 Å². The fourth-order valence-electron chi connectivity index (χ4n) is 5.81. The van der Waals surface area contributed by atoms with Gasteiger partial charge in [-0.05, 0) is 59.2 Å². The van der Waals surface area contributed by atoms with Crippen LogP contribution in [0.5, 0.6) is 0 Å². The van der Waals surface area contributed by atoms with Crippen molar-refractivity contribution in [3.8, 4) is 0 Å². The molecule has 3 atom stereocenters. The summed E-state index contributed by atoms with van der Waals surface area (Å²) in [6.45, 7) is 21.9. The quantitative estimate of drug-likeness (QED) is 0.143. The average Bonchev–Trinajstić information content (AvgIpc) is 2.93. The zero-order valence-corrected chi connectivity index (χ0v) is 28.0. The molecule has 0 aliphatic heterocycles. The zero-order chi connectivity index (χ0) is 29.1. The van der Waals surface area contributed by atoms with E-state index in [1.807, 2.05) is 6.08 Å².